The molecule has 0 fully saturated rings. The number of fused-ring (bicyclic) bond motifs is 2. The molecule has 0 saturated heterocycles. The first kappa shape index (κ1) is 16.8. The fourth-order valence-corrected chi connectivity index (χ4v) is 3.87. The van der Waals surface area contributed by atoms with E-state index in [1.54, 1.807) is 0 Å². The molecular weight excluding hydrogens is 324 g/mol. The predicted molar refractivity (Wildman–Crippen MR) is 103 cm³/mol. The molecule has 3 heterocycles. The molecule has 134 valence electrons. The van der Waals surface area contributed by atoms with E-state index in [-0.39, 0.29) is 5.91 Å². The molecule has 4 rings (SSSR count). The highest BCUT2D eigenvalue weighted by atomic mass is 16.1. The van der Waals surface area contributed by atoms with Crippen molar-refractivity contribution in [3.8, 4) is 0 Å². The summed E-state index contributed by atoms with van der Waals surface area (Å²) in [6.07, 6.45) is 5.39. The molecule has 1 aliphatic rings. The number of amides is 1. The average molecular weight is 348 g/mol. The van der Waals surface area contributed by atoms with Gasteiger partial charge in [0.2, 0.25) is 5.91 Å². The third-order valence-corrected chi connectivity index (χ3v) is 5.26. The number of hydrogen-bond donors (Lipinski definition) is 2. The molecule has 0 unspecified atom stereocenters. The number of aryl methyl sites for hydroxylation is 2. The van der Waals surface area contributed by atoms with E-state index < -0.39 is 0 Å². The number of para-hydroxylation sites is 1. The Balaban J connectivity index is 1.49. The van der Waals surface area contributed by atoms with Gasteiger partial charge in [-0.25, -0.2) is 0 Å². The zero-order valence-electron chi connectivity index (χ0n) is 15.3. The highest BCUT2D eigenvalue weighted by Gasteiger charge is 2.17. The van der Waals surface area contributed by atoms with Crippen LogP contribution < -0.4 is 10.6 Å². The molecule has 0 aliphatic carbocycles. The van der Waals surface area contributed by atoms with Gasteiger partial charge in [-0.3, -0.25) is 9.78 Å². The van der Waals surface area contributed by atoms with Gasteiger partial charge in [-0.2, -0.15) is 0 Å². The second kappa shape index (κ2) is 6.92. The lowest BCUT2D eigenvalue weighted by molar-refractivity contribution is -0.120. The molecule has 0 atom stereocenters. The molecule has 1 aromatic carbocycles. The maximum absolute atomic E-state index is 12.6. The molecule has 5 nitrogen and oxygen atoms in total. The topological polar surface area (TPSA) is 59.0 Å². The molecular formula is C21H24N4O. The van der Waals surface area contributed by atoms with Crippen molar-refractivity contribution in [3.63, 3.8) is 0 Å². The zero-order valence-corrected chi connectivity index (χ0v) is 15.3. The van der Waals surface area contributed by atoms with Crippen molar-refractivity contribution in [2.45, 2.75) is 32.9 Å². The molecule has 2 aromatic heterocycles. The van der Waals surface area contributed by atoms with Gasteiger partial charge in [0.1, 0.15) is 0 Å². The lowest BCUT2D eigenvalue weighted by atomic mass is 9.96. The first-order valence-electron chi connectivity index (χ1n) is 9.10. The summed E-state index contributed by atoms with van der Waals surface area (Å²) in [5, 5.41) is 7.62. The highest BCUT2D eigenvalue weighted by Crippen LogP contribution is 2.22. The van der Waals surface area contributed by atoms with Gasteiger partial charge in [0, 0.05) is 49.1 Å². The van der Waals surface area contributed by atoms with Gasteiger partial charge < -0.3 is 15.2 Å². The van der Waals surface area contributed by atoms with Crippen molar-refractivity contribution in [3.05, 3.63) is 64.6 Å². The molecule has 0 radical (unpaired) electrons. The Hall–Kier alpha value is -2.66. The monoisotopic (exact) mass is 348 g/mol. The third kappa shape index (κ3) is 3.10. The summed E-state index contributed by atoms with van der Waals surface area (Å²) in [5.41, 5.74) is 7.00. The van der Waals surface area contributed by atoms with Crippen molar-refractivity contribution in [1.29, 1.82) is 0 Å². The van der Waals surface area contributed by atoms with Crippen molar-refractivity contribution in [1.82, 2.24) is 20.2 Å². The van der Waals surface area contributed by atoms with Crippen LogP contribution in [-0.2, 0) is 37.8 Å². The Morgan fingerprint density at radius 1 is 1.35 bits per heavy atom. The average Bonchev–Trinajstić information content (AvgIpc) is 2.97. The number of pyridine rings is 1. The van der Waals surface area contributed by atoms with Gasteiger partial charge in [-0.05, 0) is 48.2 Å². The van der Waals surface area contributed by atoms with E-state index in [2.05, 4.69) is 32.3 Å². The van der Waals surface area contributed by atoms with Gasteiger partial charge in [0.25, 0.3) is 0 Å². The molecule has 3 aromatic rings. The summed E-state index contributed by atoms with van der Waals surface area (Å²) >= 11 is 0. The van der Waals surface area contributed by atoms with E-state index in [1.807, 2.05) is 38.5 Å². The van der Waals surface area contributed by atoms with E-state index in [0.29, 0.717) is 13.0 Å². The van der Waals surface area contributed by atoms with Crippen LogP contribution in [-0.4, -0.2) is 22.0 Å². The van der Waals surface area contributed by atoms with Crippen molar-refractivity contribution >= 4 is 16.8 Å². The van der Waals surface area contributed by atoms with E-state index in [1.165, 1.54) is 16.7 Å². The van der Waals surface area contributed by atoms with Crippen molar-refractivity contribution in [2.24, 2.45) is 7.05 Å². The lowest BCUT2D eigenvalue weighted by Crippen LogP contribution is -2.29. The quantitative estimate of drug-likeness (QED) is 0.761. The first-order chi connectivity index (χ1) is 12.6. The third-order valence-electron chi connectivity index (χ3n) is 5.26. The Morgan fingerprint density at radius 2 is 2.19 bits per heavy atom. The fraction of sp³-hybridized carbons (Fsp3) is 0.333. The van der Waals surface area contributed by atoms with Crippen LogP contribution in [0, 0.1) is 6.92 Å². The molecule has 5 heteroatoms. The number of nitrogens with zero attached hydrogens (tertiary/aromatic N) is 2. The summed E-state index contributed by atoms with van der Waals surface area (Å²) < 4.78 is 2.08. The van der Waals surface area contributed by atoms with Crippen LogP contribution in [0.3, 0.4) is 0 Å². The maximum atomic E-state index is 12.6. The van der Waals surface area contributed by atoms with Crippen LogP contribution in [0.25, 0.3) is 10.9 Å². The summed E-state index contributed by atoms with van der Waals surface area (Å²) in [6.45, 7) is 4.41. The summed E-state index contributed by atoms with van der Waals surface area (Å²) in [5.74, 6) is 0.0484. The Kier molecular flexibility index (Phi) is 4.47. The zero-order chi connectivity index (χ0) is 18.1. The van der Waals surface area contributed by atoms with Gasteiger partial charge in [-0.1, -0.05) is 18.2 Å². The first-order valence-corrected chi connectivity index (χ1v) is 9.10. The van der Waals surface area contributed by atoms with Crippen molar-refractivity contribution in [2.75, 3.05) is 6.54 Å². The summed E-state index contributed by atoms with van der Waals surface area (Å²) in [7, 11) is 2.02. The highest BCUT2D eigenvalue weighted by molar-refractivity contribution is 5.89. The standard InChI is InChI=1S/C21H24N4O/c1-14-19(17-7-8-22-10-16(17)11-23-14)12-24-21(26)9-15-13-25(2)20-6-4-3-5-18(15)20/h3-6,11,13,22H,7-10,12H2,1-2H3,(H,24,26). The Labute approximate surface area is 153 Å². The summed E-state index contributed by atoms with van der Waals surface area (Å²) in [6, 6.07) is 8.20. The Bertz CT molecular complexity index is 974. The Morgan fingerprint density at radius 3 is 3.08 bits per heavy atom. The number of nitrogens with one attached hydrogen (secondary N) is 2. The van der Waals surface area contributed by atoms with Gasteiger partial charge in [-0.15, -0.1) is 0 Å². The normalized spacial score (nSPS) is 13.6. The van der Waals surface area contributed by atoms with Crippen LogP contribution in [0.2, 0.25) is 0 Å². The number of hydrogen-bond acceptors (Lipinski definition) is 3. The van der Waals surface area contributed by atoms with Crippen LogP contribution in [0.1, 0.15) is 27.9 Å². The minimum atomic E-state index is 0.0484. The lowest BCUT2D eigenvalue weighted by Gasteiger charge is -2.21. The largest absolute Gasteiger partial charge is 0.352 e. The number of carbonyl (C=O) groups is 1. The fourth-order valence-electron chi connectivity index (χ4n) is 3.87. The molecule has 2 N–H and O–H groups in total. The number of benzene rings is 1. The van der Waals surface area contributed by atoms with E-state index >= 15 is 0 Å². The molecule has 0 spiro atoms. The molecule has 26 heavy (non-hydrogen) atoms. The minimum absolute atomic E-state index is 0.0484. The van der Waals surface area contributed by atoms with Crippen LogP contribution >= 0.6 is 0 Å². The molecule has 0 saturated carbocycles. The summed E-state index contributed by atoms with van der Waals surface area (Å²) in [4.78, 5) is 17.1. The minimum Gasteiger partial charge on any atom is -0.352 e. The van der Waals surface area contributed by atoms with Gasteiger partial charge in [0.05, 0.1) is 6.42 Å². The number of rotatable bonds is 4. The van der Waals surface area contributed by atoms with Crippen LogP contribution in [0.5, 0.6) is 0 Å². The van der Waals surface area contributed by atoms with E-state index in [9.17, 15) is 4.79 Å². The van der Waals surface area contributed by atoms with Crippen LogP contribution in [0.15, 0.2) is 36.7 Å². The predicted octanol–water partition coefficient (Wildman–Crippen LogP) is 2.39. The van der Waals surface area contributed by atoms with Gasteiger partial charge in [0.15, 0.2) is 0 Å². The molecule has 0 bridgehead atoms. The SMILES string of the molecule is Cc1ncc2c(c1CNC(=O)Cc1cn(C)c3ccccc13)CCNC2. The van der Waals surface area contributed by atoms with E-state index in [4.69, 9.17) is 0 Å². The second-order valence-electron chi connectivity index (χ2n) is 6.99. The van der Waals surface area contributed by atoms with E-state index in [0.717, 1.165) is 41.7 Å². The van der Waals surface area contributed by atoms with Crippen LogP contribution in [0.4, 0.5) is 0 Å². The second-order valence-corrected chi connectivity index (χ2v) is 6.99. The van der Waals surface area contributed by atoms with Crippen molar-refractivity contribution < 1.29 is 4.79 Å². The smallest absolute Gasteiger partial charge is 0.224 e. The maximum Gasteiger partial charge on any atom is 0.224 e. The molecule has 1 aliphatic heterocycles. The number of aromatic nitrogens is 2. The van der Waals surface area contributed by atoms with Gasteiger partial charge >= 0.3 is 0 Å². The number of carbonyl (C=O) groups excluding carboxylic acids is 1. The molecule has 1 amide bonds.